The van der Waals surface area contributed by atoms with Gasteiger partial charge in [-0.3, -0.25) is 0 Å². The quantitative estimate of drug-likeness (QED) is 0.881. The molecule has 2 N–H and O–H groups in total. The van der Waals surface area contributed by atoms with Crippen LogP contribution in [-0.4, -0.2) is 15.1 Å². The average molecular weight is 271 g/mol. The van der Waals surface area contributed by atoms with Crippen molar-refractivity contribution in [3.8, 4) is 11.3 Å². The van der Waals surface area contributed by atoms with Gasteiger partial charge in [0.15, 0.2) is 0 Å². The zero-order chi connectivity index (χ0) is 10.8. The number of hydrogen-bond donors (Lipinski definition) is 2. The monoisotopic (exact) mass is 270 g/mol. The summed E-state index contributed by atoms with van der Waals surface area (Å²) in [6, 6.07) is 4.66. The summed E-state index contributed by atoms with van der Waals surface area (Å²) in [5, 5.41) is 8.82. The number of aromatic nitrogens is 2. The molecule has 0 amide bonds. The second-order valence-corrected chi connectivity index (χ2v) is 3.94. The number of nitrogens with zero attached hydrogens (tertiary/aromatic N) is 1. The highest BCUT2D eigenvalue weighted by atomic mass is 79.9. The predicted molar refractivity (Wildman–Crippen MR) is 57.6 cm³/mol. The Morgan fingerprint density at radius 1 is 1.47 bits per heavy atom. The third kappa shape index (κ3) is 2.08. The number of benzene rings is 1. The zero-order valence-corrected chi connectivity index (χ0v) is 9.25. The van der Waals surface area contributed by atoms with Crippen molar-refractivity contribution in [3.63, 3.8) is 0 Å². The first-order valence-electron chi connectivity index (χ1n) is 4.31. The topological polar surface area (TPSA) is 48.9 Å². The first-order valence-corrected chi connectivity index (χ1v) is 5.10. The number of H-pyrrole nitrogens is 1. The van der Waals surface area contributed by atoms with Gasteiger partial charge in [0.1, 0.15) is 18.2 Å². The van der Waals surface area contributed by atoms with Crippen LogP contribution in [0.15, 0.2) is 28.9 Å². The van der Waals surface area contributed by atoms with E-state index in [1.807, 2.05) is 0 Å². The zero-order valence-electron chi connectivity index (χ0n) is 7.67. The summed E-state index contributed by atoms with van der Waals surface area (Å²) in [4.78, 5) is 6.72. The molecule has 0 aliphatic carbocycles. The molecule has 0 fully saturated rings. The first kappa shape index (κ1) is 10.3. The second-order valence-electron chi connectivity index (χ2n) is 3.03. The number of imidazole rings is 1. The largest absolute Gasteiger partial charge is 0.388 e. The lowest BCUT2D eigenvalue weighted by molar-refractivity contribution is 0.272. The molecule has 0 unspecified atom stereocenters. The summed E-state index contributed by atoms with van der Waals surface area (Å²) in [5.74, 6) is 0.0933. The number of aliphatic hydroxyl groups excluding tert-OH is 1. The first-order chi connectivity index (χ1) is 7.20. The highest BCUT2D eigenvalue weighted by Crippen LogP contribution is 2.24. The lowest BCUT2D eigenvalue weighted by Crippen LogP contribution is -1.87. The normalized spacial score (nSPS) is 10.6. The number of nitrogens with one attached hydrogen (secondary N) is 1. The standard InChI is InChI=1S/C10H8BrFN2O/c11-6-1-2-8(12)7(3-6)9-4-13-10(5-15)14-9/h1-4,15H,5H2,(H,13,14). The van der Waals surface area contributed by atoms with E-state index in [1.165, 1.54) is 12.3 Å². The number of aliphatic hydroxyl groups is 1. The number of aromatic amines is 1. The van der Waals surface area contributed by atoms with Gasteiger partial charge in [-0.15, -0.1) is 0 Å². The van der Waals surface area contributed by atoms with Crippen molar-refractivity contribution in [2.75, 3.05) is 0 Å². The van der Waals surface area contributed by atoms with Crippen LogP contribution in [0, 0.1) is 5.82 Å². The summed E-state index contributed by atoms with van der Waals surface area (Å²) in [6.07, 6.45) is 1.50. The van der Waals surface area contributed by atoms with E-state index in [9.17, 15) is 4.39 Å². The molecule has 0 spiro atoms. The highest BCUT2D eigenvalue weighted by Gasteiger charge is 2.08. The average Bonchev–Trinajstić information content (AvgIpc) is 2.70. The molecule has 0 aliphatic heterocycles. The van der Waals surface area contributed by atoms with E-state index in [4.69, 9.17) is 5.11 Å². The van der Waals surface area contributed by atoms with E-state index in [1.54, 1.807) is 12.1 Å². The van der Waals surface area contributed by atoms with Gasteiger partial charge in [0, 0.05) is 10.0 Å². The summed E-state index contributed by atoms with van der Waals surface area (Å²) in [6.45, 7) is -0.185. The Morgan fingerprint density at radius 3 is 2.93 bits per heavy atom. The summed E-state index contributed by atoms with van der Waals surface area (Å²) < 4.78 is 14.2. The van der Waals surface area contributed by atoms with Gasteiger partial charge in [0.25, 0.3) is 0 Å². The van der Waals surface area contributed by atoms with E-state index in [-0.39, 0.29) is 12.4 Å². The van der Waals surface area contributed by atoms with E-state index >= 15 is 0 Å². The highest BCUT2D eigenvalue weighted by molar-refractivity contribution is 9.10. The molecule has 0 radical (unpaired) electrons. The maximum atomic E-state index is 13.4. The fraction of sp³-hybridized carbons (Fsp3) is 0.100. The van der Waals surface area contributed by atoms with Crippen LogP contribution >= 0.6 is 15.9 Å². The molecule has 2 aromatic rings. The molecule has 1 heterocycles. The fourth-order valence-corrected chi connectivity index (χ4v) is 1.64. The van der Waals surface area contributed by atoms with E-state index in [2.05, 4.69) is 25.9 Å². The predicted octanol–water partition coefficient (Wildman–Crippen LogP) is 2.47. The van der Waals surface area contributed by atoms with Gasteiger partial charge < -0.3 is 10.1 Å². The van der Waals surface area contributed by atoms with E-state index in [0.29, 0.717) is 17.1 Å². The summed E-state index contributed by atoms with van der Waals surface area (Å²) in [5.41, 5.74) is 0.981. The Hall–Kier alpha value is -1.20. The molecule has 0 saturated carbocycles. The van der Waals surface area contributed by atoms with Gasteiger partial charge in [0.05, 0.1) is 11.9 Å². The molecule has 5 heteroatoms. The summed E-state index contributed by atoms with van der Waals surface area (Å²) in [7, 11) is 0. The van der Waals surface area contributed by atoms with Gasteiger partial charge in [-0.05, 0) is 18.2 Å². The Labute approximate surface area is 94.1 Å². The van der Waals surface area contributed by atoms with Gasteiger partial charge in [0.2, 0.25) is 0 Å². The maximum absolute atomic E-state index is 13.4. The molecular formula is C10H8BrFN2O. The van der Waals surface area contributed by atoms with Crippen LogP contribution in [0.3, 0.4) is 0 Å². The third-order valence-electron chi connectivity index (χ3n) is 2.00. The van der Waals surface area contributed by atoms with Crippen molar-refractivity contribution in [3.05, 3.63) is 40.5 Å². The van der Waals surface area contributed by atoms with Crippen molar-refractivity contribution in [2.24, 2.45) is 0 Å². The van der Waals surface area contributed by atoms with Crippen LogP contribution in [0.25, 0.3) is 11.3 Å². The fourth-order valence-electron chi connectivity index (χ4n) is 1.28. The molecule has 3 nitrogen and oxygen atoms in total. The SMILES string of the molecule is OCc1ncc(-c2cc(Br)ccc2F)[nH]1. The van der Waals surface area contributed by atoms with Crippen molar-refractivity contribution in [2.45, 2.75) is 6.61 Å². The van der Waals surface area contributed by atoms with Gasteiger partial charge in [-0.1, -0.05) is 15.9 Å². The van der Waals surface area contributed by atoms with Gasteiger partial charge in [-0.2, -0.15) is 0 Å². The number of halogens is 2. The second kappa shape index (κ2) is 4.12. The van der Waals surface area contributed by atoms with Crippen molar-refractivity contribution in [1.29, 1.82) is 0 Å². The minimum absolute atomic E-state index is 0.185. The van der Waals surface area contributed by atoms with Gasteiger partial charge in [-0.25, -0.2) is 9.37 Å². The Morgan fingerprint density at radius 2 is 2.27 bits per heavy atom. The summed E-state index contributed by atoms with van der Waals surface area (Å²) >= 11 is 3.27. The van der Waals surface area contributed by atoms with Crippen LogP contribution in [-0.2, 0) is 6.61 Å². The molecule has 15 heavy (non-hydrogen) atoms. The van der Waals surface area contributed by atoms with Crippen LogP contribution in [0.4, 0.5) is 4.39 Å². The molecule has 0 aliphatic rings. The molecule has 0 saturated heterocycles. The van der Waals surface area contributed by atoms with E-state index in [0.717, 1.165) is 4.47 Å². The third-order valence-corrected chi connectivity index (χ3v) is 2.49. The molecule has 2 rings (SSSR count). The Kier molecular flexibility index (Phi) is 2.83. The minimum atomic E-state index is -0.327. The van der Waals surface area contributed by atoms with Crippen molar-refractivity contribution < 1.29 is 9.50 Å². The van der Waals surface area contributed by atoms with Crippen LogP contribution in [0.2, 0.25) is 0 Å². The molecule has 0 bridgehead atoms. The lowest BCUT2D eigenvalue weighted by atomic mass is 10.1. The Bertz CT molecular complexity index is 484. The smallest absolute Gasteiger partial charge is 0.132 e. The number of hydrogen-bond acceptors (Lipinski definition) is 2. The molecule has 78 valence electrons. The van der Waals surface area contributed by atoms with Gasteiger partial charge >= 0.3 is 0 Å². The molecule has 0 atom stereocenters. The van der Waals surface area contributed by atoms with Crippen molar-refractivity contribution in [1.82, 2.24) is 9.97 Å². The minimum Gasteiger partial charge on any atom is -0.388 e. The Balaban J connectivity index is 2.48. The maximum Gasteiger partial charge on any atom is 0.132 e. The van der Waals surface area contributed by atoms with Crippen LogP contribution in [0.5, 0.6) is 0 Å². The van der Waals surface area contributed by atoms with Crippen molar-refractivity contribution >= 4 is 15.9 Å². The lowest BCUT2D eigenvalue weighted by Gasteiger charge is -2.00. The van der Waals surface area contributed by atoms with Crippen LogP contribution < -0.4 is 0 Å². The van der Waals surface area contributed by atoms with Crippen LogP contribution in [0.1, 0.15) is 5.82 Å². The molecule has 1 aromatic carbocycles. The van der Waals surface area contributed by atoms with E-state index < -0.39 is 0 Å². The number of rotatable bonds is 2. The molecule has 1 aromatic heterocycles. The molecular weight excluding hydrogens is 263 g/mol.